The van der Waals surface area contributed by atoms with Crippen LogP contribution < -0.4 is 0 Å². The van der Waals surface area contributed by atoms with E-state index in [1.54, 1.807) is 24.3 Å². The molecule has 1 unspecified atom stereocenters. The van der Waals surface area contributed by atoms with Crippen molar-refractivity contribution in [2.24, 2.45) is 0 Å². The summed E-state index contributed by atoms with van der Waals surface area (Å²) in [6.45, 7) is 0. The van der Waals surface area contributed by atoms with Gasteiger partial charge in [0.05, 0.1) is 7.11 Å². The molecule has 2 rings (SSSR count). The van der Waals surface area contributed by atoms with Gasteiger partial charge in [-0.05, 0) is 0 Å². The lowest BCUT2D eigenvalue weighted by atomic mass is 10.2. The lowest BCUT2D eigenvalue weighted by Crippen LogP contribution is -2.37. The van der Waals surface area contributed by atoms with Crippen molar-refractivity contribution in [3.05, 3.63) is 35.9 Å². The maximum absolute atomic E-state index is 11.4. The molecule has 18 heavy (non-hydrogen) atoms. The van der Waals surface area contributed by atoms with E-state index in [0.29, 0.717) is 5.56 Å². The van der Waals surface area contributed by atoms with Crippen LogP contribution in [0.15, 0.2) is 30.3 Å². The quantitative estimate of drug-likeness (QED) is 0.798. The topological polar surface area (TPSA) is 82.1 Å². The molecule has 6 nitrogen and oxygen atoms in total. The molecule has 1 fully saturated rings. The van der Waals surface area contributed by atoms with Gasteiger partial charge in [0.25, 0.3) is 0 Å². The zero-order chi connectivity index (χ0) is 13.1. The van der Waals surface area contributed by atoms with Gasteiger partial charge in [0.2, 0.25) is 0 Å². The van der Waals surface area contributed by atoms with Crippen LogP contribution >= 0.6 is 0 Å². The van der Waals surface area contributed by atoms with Gasteiger partial charge in [0.1, 0.15) is 0 Å². The molecular weight excluding hydrogens is 240 g/mol. The summed E-state index contributed by atoms with van der Waals surface area (Å²) in [5.74, 6) is -2.02. The maximum Gasteiger partial charge on any atom is 0.338 e. The van der Waals surface area contributed by atoms with Gasteiger partial charge in [-0.3, -0.25) is 0 Å². The van der Waals surface area contributed by atoms with E-state index in [0.717, 1.165) is 0 Å². The van der Waals surface area contributed by atoms with Gasteiger partial charge in [-0.1, -0.05) is 30.3 Å². The molecule has 0 bridgehead atoms. The molecule has 1 heterocycles. The number of carboxylic acid groups (broad SMARTS) is 1. The molecule has 0 radical (unpaired) electrons. The summed E-state index contributed by atoms with van der Waals surface area (Å²) < 4.78 is 15.0. The predicted molar refractivity (Wildman–Crippen MR) is 58.6 cm³/mol. The van der Waals surface area contributed by atoms with E-state index in [4.69, 9.17) is 14.6 Å². The second-order valence-corrected chi connectivity index (χ2v) is 3.72. The first kappa shape index (κ1) is 12.5. The van der Waals surface area contributed by atoms with Crippen molar-refractivity contribution < 1.29 is 28.9 Å². The van der Waals surface area contributed by atoms with Gasteiger partial charge in [-0.2, -0.15) is 0 Å². The van der Waals surface area contributed by atoms with Crippen LogP contribution in [0.2, 0.25) is 0 Å². The van der Waals surface area contributed by atoms with Crippen LogP contribution in [-0.2, 0) is 23.8 Å². The summed E-state index contributed by atoms with van der Waals surface area (Å²) in [7, 11) is 1.17. The van der Waals surface area contributed by atoms with Gasteiger partial charge in [0, 0.05) is 5.56 Å². The molecule has 0 saturated carbocycles. The molecule has 1 aromatic carbocycles. The third kappa shape index (κ3) is 2.34. The SMILES string of the molecule is COC(=O)[C@H]1OC(c2ccccc2)O[C@@H]1C(=O)O. The van der Waals surface area contributed by atoms with Crippen LogP contribution in [0.25, 0.3) is 0 Å². The minimum absolute atomic E-state index is 0.648. The molecule has 1 N–H and O–H groups in total. The first-order chi connectivity index (χ1) is 8.63. The number of ether oxygens (including phenoxy) is 3. The number of carbonyl (C=O) groups excluding carboxylic acids is 1. The summed E-state index contributed by atoms with van der Waals surface area (Å²) >= 11 is 0. The van der Waals surface area contributed by atoms with Crippen LogP contribution in [0.5, 0.6) is 0 Å². The standard InChI is InChI=1S/C12H12O6/c1-16-11(15)9-8(10(13)14)17-12(18-9)7-5-3-2-4-6-7/h2-6,8-9,12H,1H3,(H,13,14)/t8-,9-,12?/m0/s1. The average molecular weight is 252 g/mol. The molecule has 96 valence electrons. The molecule has 0 spiro atoms. The van der Waals surface area contributed by atoms with E-state index >= 15 is 0 Å². The normalized spacial score (nSPS) is 26.8. The highest BCUT2D eigenvalue weighted by Crippen LogP contribution is 2.31. The van der Waals surface area contributed by atoms with Gasteiger partial charge < -0.3 is 19.3 Å². The van der Waals surface area contributed by atoms with Crippen molar-refractivity contribution in [2.45, 2.75) is 18.5 Å². The Morgan fingerprint density at radius 1 is 1.17 bits per heavy atom. The van der Waals surface area contributed by atoms with Gasteiger partial charge in [0.15, 0.2) is 18.5 Å². The van der Waals surface area contributed by atoms with Crippen molar-refractivity contribution in [2.75, 3.05) is 7.11 Å². The molecule has 0 aromatic heterocycles. The molecule has 0 aliphatic carbocycles. The van der Waals surface area contributed by atoms with E-state index in [1.807, 2.05) is 6.07 Å². The molecule has 1 saturated heterocycles. The van der Waals surface area contributed by atoms with Crippen molar-refractivity contribution in [3.8, 4) is 0 Å². The number of methoxy groups -OCH3 is 1. The summed E-state index contributed by atoms with van der Waals surface area (Å²) in [5.41, 5.74) is 0.648. The number of aliphatic carboxylic acids is 1. The van der Waals surface area contributed by atoms with Crippen LogP contribution in [0.4, 0.5) is 0 Å². The molecular formula is C12H12O6. The first-order valence-corrected chi connectivity index (χ1v) is 5.30. The van der Waals surface area contributed by atoms with E-state index in [2.05, 4.69) is 4.74 Å². The highest BCUT2D eigenvalue weighted by atomic mass is 16.7. The van der Waals surface area contributed by atoms with E-state index < -0.39 is 30.4 Å². The lowest BCUT2D eigenvalue weighted by molar-refractivity contribution is -0.158. The Kier molecular flexibility index (Phi) is 3.59. The fourth-order valence-corrected chi connectivity index (χ4v) is 1.69. The first-order valence-electron chi connectivity index (χ1n) is 5.30. The zero-order valence-corrected chi connectivity index (χ0v) is 9.61. The Balaban J connectivity index is 2.19. The van der Waals surface area contributed by atoms with E-state index in [9.17, 15) is 9.59 Å². The average Bonchev–Trinajstić information content (AvgIpc) is 2.84. The summed E-state index contributed by atoms with van der Waals surface area (Å²) in [6, 6.07) is 8.80. The van der Waals surface area contributed by atoms with Crippen LogP contribution in [0.1, 0.15) is 11.9 Å². The Labute approximate surface area is 103 Å². The fraction of sp³-hybridized carbons (Fsp3) is 0.333. The minimum atomic E-state index is -1.36. The number of esters is 1. The third-order valence-corrected chi connectivity index (χ3v) is 2.56. The highest BCUT2D eigenvalue weighted by Gasteiger charge is 2.46. The minimum Gasteiger partial charge on any atom is -0.479 e. The van der Waals surface area contributed by atoms with Crippen molar-refractivity contribution >= 4 is 11.9 Å². The number of hydrogen-bond donors (Lipinski definition) is 1. The molecule has 1 aliphatic rings. The van der Waals surface area contributed by atoms with Gasteiger partial charge in [-0.25, -0.2) is 9.59 Å². The van der Waals surface area contributed by atoms with Crippen molar-refractivity contribution in [3.63, 3.8) is 0 Å². The second kappa shape index (κ2) is 5.16. The summed E-state index contributed by atoms with van der Waals surface area (Å²) in [5, 5.41) is 8.98. The van der Waals surface area contributed by atoms with Crippen LogP contribution in [0, 0.1) is 0 Å². The van der Waals surface area contributed by atoms with Crippen LogP contribution in [-0.4, -0.2) is 36.4 Å². The van der Waals surface area contributed by atoms with Crippen LogP contribution in [0.3, 0.4) is 0 Å². The highest BCUT2D eigenvalue weighted by molar-refractivity contribution is 5.85. The van der Waals surface area contributed by atoms with E-state index in [-0.39, 0.29) is 0 Å². The third-order valence-electron chi connectivity index (χ3n) is 2.56. The second-order valence-electron chi connectivity index (χ2n) is 3.72. The molecule has 6 heteroatoms. The van der Waals surface area contributed by atoms with Crippen molar-refractivity contribution in [1.82, 2.24) is 0 Å². The molecule has 1 aromatic rings. The number of carbonyl (C=O) groups is 2. The molecule has 1 aliphatic heterocycles. The van der Waals surface area contributed by atoms with Gasteiger partial charge in [-0.15, -0.1) is 0 Å². The Bertz CT molecular complexity index is 443. The number of benzene rings is 1. The Hall–Kier alpha value is -1.92. The lowest BCUT2D eigenvalue weighted by Gasteiger charge is -2.09. The smallest absolute Gasteiger partial charge is 0.338 e. The number of rotatable bonds is 3. The predicted octanol–water partition coefficient (Wildman–Crippen LogP) is 0.727. The fourth-order valence-electron chi connectivity index (χ4n) is 1.69. The monoisotopic (exact) mass is 252 g/mol. The van der Waals surface area contributed by atoms with Gasteiger partial charge >= 0.3 is 11.9 Å². The Morgan fingerprint density at radius 3 is 2.33 bits per heavy atom. The summed E-state index contributed by atoms with van der Waals surface area (Å²) in [4.78, 5) is 22.4. The van der Waals surface area contributed by atoms with E-state index in [1.165, 1.54) is 7.11 Å². The molecule has 3 atom stereocenters. The number of hydrogen-bond acceptors (Lipinski definition) is 5. The summed E-state index contributed by atoms with van der Waals surface area (Å²) in [6.07, 6.45) is -3.49. The molecule has 0 amide bonds. The number of carboxylic acids is 1. The largest absolute Gasteiger partial charge is 0.479 e. The van der Waals surface area contributed by atoms with Crippen molar-refractivity contribution in [1.29, 1.82) is 0 Å². The zero-order valence-electron chi connectivity index (χ0n) is 9.61. The maximum atomic E-state index is 11.4. The Morgan fingerprint density at radius 2 is 1.78 bits per heavy atom.